The molecule has 0 aromatic heterocycles. The number of para-hydroxylation sites is 1. The third-order valence-corrected chi connectivity index (χ3v) is 4.37. The van der Waals surface area contributed by atoms with E-state index in [0.717, 1.165) is 35.6 Å². The number of benzene rings is 1. The molecule has 1 rings (SSSR count). The molecule has 0 aliphatic carbocycles. The fourth-order valence-electron chi connectivity index (χ4n) is 2.03. The van der Waals surface area contributed by atoms with E-state index >= 15 is 0 Å². The van der Waals surface area contributed by atoms with Gasteiger partial charge in [0.1, 0.15) is 0 Å². The molecule has 22 heavy (non-hydrogen) atoms. The summed E-state index contributed by atoms with van der Waals surface area (Å²) in [6.07, 6.45) is 5.71. The largest absolute Gasteiger partial charge is 0.481 e. The highest BCUT2D eigenvalue weighted by Crippen LogP contribution is 2.28. The number of anilines is 1. The smallest absolute Gasteiger partial charge is 0.303 e. The van der Waals surface area contributed by atoms with Gasteiger partial charge in [-0.25, -0.2) is 0 Å². The Hall–Kier alpha value is -1.49. The zero-order valence-corrected chi connectivity index (χ0v) is 14.0. The van der Waals surface area contributed by atoms with E-state index in [-0.39, 0.29) is 12.3 Å². The summed E-state index contributed by atoms with van der Waals surface area (Å²) >= 11 is 1.58. The Balaban J connectivity index is 2.42. The van der Waals surface area contributed by atoms with Crippen molar-refractivity contribution in [1.82, 2.24) is 0 Å². The van der Waals surface area contributed by atoms with Crippen LogP contribution in [0, 0.1) is 0 Å². The molecule has 5 heteroatoms. The van der Waals surface area contributed by atoms with Crippen LogP contribution >= 0.6 is 11.8 Å². The van der Waals surface area contributed by atoms with Gasteiger partial charge in [-0.1, -0.05) is 38.3 Å². The number of carbonyl (C=O) groups excluding carboxylic acids is 1. The van der Waals surface area contributed by atoms with Gasteiger partial charge in [-0.3, -0.25) is 9.59 Å². The average Bonchev–Trinajstić information content (AvgIpc) is 2.49. The van der Waals surface area contributed by atoms with Crippen LogP contribution < -0.4 is 5.32 Å². The van der Waals surface area contributed by atoms with Crippen molar-refractivity contribution in [3.63, 3.8) is 0 Å². The van der Waals surface area contributed by atoms with E-state index in [0.29, 0.717) is 12.8 Å². The van der Waals surface area contributed by atoms with Crippen molar-refractivity contribution in [1.29, 1.82) is 0 Å². The number of carboxylic acids is 1. The summed E-state index contributed by atoms with van der Waals surface area (Å²) in [5, 5.41) is 11.6. The number of carboxylic acid groups (broad SMARTS) is 1. The zero-order chi connectivity index (χ0) is 16.2. The van der Waals surface area contributed by atoms with Gasteiger partial charge in [0.25, 0.3) is 0 Å². The van der Waals surface area contributed by atoms with E-state index in [9.17, 15) is 9.59 Å². The van der Waals surface area contributed by atoms with E-state index in [2.05, 4.69) is 12.2 Å². The third kappa shape index (κ3) is 8.08. The van der Waals surface area contributed by atoms with Gasteiger partial charge >= 0.3 is 5.97 Å². The molecule has 0 radical (unpaired) electrons. The van der Waals surface area contributed by atoms with Gasteiger partial charge in [-0.05, 0) is 30.7 Å². The predicted octanol–water partition coefficient (Wildman–Crippen LogP) is 4.55. The Morgan fingerprint density at radius 2 is 1.86 bits per heavy atom. The second-order valence-electron chi connectivity index (χ2n) is 5.20. The van der Waals surface area contributed by atoms with Crippen LogP contribution in [0.2, 0.25) is 0 Å². The molecule has 1 amide bonds. The van der Waals surface area contributed by atoms with Crippen molar-refractivity contribution in [3.05, 3.63) is 24.3 Å². The monoisotopic (exact) mass is 323 g/mol. The number of hydrogen-bond acceptors (Lipinski definition) is 3. The molecule has 2 N–H and O–H groups in total. The van der Waals surface area contributed by atoms with Crippen molar-refractivity contribution in [2.24, 2.45) is 0 Å². The molecule has 122 valence electrons. The maximum atomic E-state index is 11.9. The van der Waals surface area contributed by atoms with E-state index in [4.69, 9.17) is 5.11 Å². The highest BCUT2D eigenvalue weighted by atomic mass is 32.2. The summed E-state index contributed by atoms with van der Waals surface area (Å²) in [7, 11) is 0. The Labute approximate surface area is 136 Å². The highest BCUT2D eigenvalue weighted by Gasteiger charge is 2.07. The summed E-state index contributed by atoms with van der Waals surface area (Å²) in [6.45, 7) is 2.15. The zero-order valence-electron chi connectivity index (χ0n) is 13.1. The number of amides is 1. The molecule has 0 bridgehead atoms. The molecule has 1 aromatic rings. The van der Waals surface area contributed by atoms with Crippen LogP contribution in [0.25, 0.3) is 0 Å². The Morgan fingerprint density at radius 1 is 1.09 bits per heavy atom. The van der Waals surface area contributed by atoms with E-state index in [1.807, 2.05) is 24.3 Å². The van der Waals surface area contributed by atoms with Crippen molar-refractivity contribution >= 4 is 29.3 Å². The minimum absolute atomic E-state index is 0.0506. The SMILES string of the molecule is CCCCCCC(=O)Nc1ccccc1SCCCC(=O)O. The summed E-state index contributed by atoms with van der Waals surface area (Å²) in [5.74, 6) is 0.0133. The lowest BCUT2D eigenvalue weighted by Gasteiger charge is -2.10. The van der Waals surface area contributed by atoms with Gasteiger partial charge in [0.05, 0.1) is 5.69 Å². The Bertz CT molecular complexity index is 477. The number of aliphatic carboxylic acids is 1. The molecule has 0 atom stereocenters. The van der Waals surface area contributed by atoms with Gasteiger partial charge < -0.3 is 10.4 Å². The molecule has 0 aliphatic rings. The van der Waals surface area contributed by atoms with E-state index in [1.165, 1.54) is 6.42 Å². The summed E-state index contributed by atoms with van der Waals surface area (Å²) in [5.41, 5.74) is 0.823. The molecule has 4 nitrogen and oxygen atoms in total. The maximum Gasteiger partial charge on any atom is 0.303 e. The number of carbonyl (C=O) groups is 2. The molecular formula is C17H25NO3S. The first-order valence-electron chi connectivity index (χ1n) is 7.87. The molecule has 0 aliphatic heterocycles. The van der Waals surface area contributed by atoms with Crippen LogP contribution in [0.15, 0.2) is 29.2 Å². The standard InChI is InChI=1S/C17H25NO3S/c1-2-3-4-5-11-16(19)18-14-9-6-7-10-15(14)22-13-8-12-17(20)21/h6-7,9-10H,2-5,8,11-13H2,1H3,(H,18,19)(H,20,21). The first-order chi connectivity index (χ1) is 10.6. The number of unbranched alkanes of at least 4 members (excludes halogenated alkanes) is 3. The fraction of sp³-hybridized carbons (Fsp3) is 0.529. The minimum atomic E-state index is -0.769. The highest BCUT2D eigenvalue weighted by molar-refractivity contribution is 7.99. The summed E-state index contributed by atoms with van der Waals surface area (Å²) < 4.78 is 0. The molecule has 0 spiro atoms. The number of hydrogen-bond donors (Lipinski definition) is 2. The van der Waals surface area contributed by atoms with Crippen molar-refractivity contribution in [2.45, 2.75) is 56.8 Å². The summed E-state index contributed by atoms with van der Waals surface area (Å²) in [6, 6.07) is 7.67. The van der Waals surface area contributed by atoms with Crippen LogP contribution in [-0.2, 0) is 9.59 Å². The summed E-state index contributed by atoms with van der Waals surface area (Å²) in [4.78, 5) is 23.4. The van der Waals surface area contributed by atoms with Crippen LogP contribution in [-0.4, -0.2) is 22.7 Å². The molecule has 1 aromatic carbocycles. The van der Waals surface area contributed by atoms with Gasteiger partial charge in [0.15, 0.2) is 0 Å². The second kappa shape index (κ2) is 11.1. The molecule has 0 saturated carbocycles. The van der Waals surface area contributed by atoms with Crippen LogP contribution in [0.3, 0.4) is 0 Å². The first-order valence-corrected chi connectivity index (χ1v) is 8.85. The Kier molecular flexibility index (Phi) is 9.39. The number of nitrogens with one attached hydrogen (secondary N) is 1. The van der Waals surface area contributed by atoms with Crippen molar-refractivity contribution in [3.8, 4) is 0 Å². The van der Waals surface area contributed by atoms with Crippen LogP contribution in [0.5, 0.6) is 0 Å². The van der Waals surface area contributed by atoms with E-state index < -0.39 is 5.97 Å². The van der Waals surface area contributed by atoms with Crippen LogP contribution in [0.1, 0.15) is 51.9 Å². The minimum Gasteiger partial charge on any atom is -0.481 e. The first kappa shape index (κ1) is 18.6. The topological polar surface area (TPSA) is 66.4 Å². The lowest BCUT2D eigenvalue weighted by atomic mass is 10.1. The molecule has 0 unspecified atom stereocenters. The lowest BCUT2D eigenvalue weighted by molar-refractivity contribution is -0.137. The molecule has 0 fully saturated rings. The van der Waals surface area contributed by atoms with Crippen molar-refractivity contribution in [2.75, 3.05) is 11.1 Å². The number of thioether (sulfide) groups is 1. The lowest BCUT2D eigenvalue weighted by Crippen LogP contribution is -2.11. The third-order valence-electron chi connectivity index (χ3n) is 3.21. The second-order valence-corrected chi connectivity index (χ2v) is 6.34. The normalized spacial score (nSPS) is 10.4. The molecule has 0 heterocycles. The van der Waals surface area contributed by atoms with Gasteiger partial charge in [-0.15, -0.1) is 11.8 Å². The van der Waals surface area contributed by atoms with Gasteiger partial charge in [-0.2, -0.15) is 0 Å². The average molecular weight is 323 g/mol. The quantitative estimate of drug-likeness (QED) is 0.463. The predicted molar refractivity (Wildman–Crippen MR) is 91.4 cm³/mol. The van der Waals surface area contributed by atoms with E-state index in [1.54, 1.807) is 11.8 Å². The molecular weight excluding hydrogens is 298 g/mol. The van der Waals surface area contributed by atoms with Crippen LogP contribution in [0.4, 0.5) is 5.69 Å². The van der Waals surface area contributed by atoms with Crippen molar-refractivity contribution < 1.29 is 14.7 Å². The fourth-order valence-corrected chi connectivity index (χ4v) is 2.98. The van der Waals surface area contributed by atoms with Gasteiger partial charge in [0.2, 0.25) is 5.91 Å². The number of rotatable bonds is 11. The molecule has 0 saturated heterocycles. The van der Waals surface area contributed by atoms with Gasteiger partial charge in [0, 0.05) is 17.7 Å². The maximum absolute atomic E-state index is 11.9. The Morgan fingerprint density at radius 3 is 2.59 bits per heavy atom.